The van der Waals surface area contributed by atoms with Crippen molar-refractivity contribution in [3.63, 3.8) is 0 Å². The van der Waals surface area contributed by atoms with Crippen molar-refractivity contribution in [3.05, 3.63) is 24.2 Å². The average molecular weight is 279 g/mol. The van der Waals surface area contributed by atoms with Gasteiger partial charge in [0.05, 0.1) is 32.9 Å². The van der Waals surface area contributed by atoms with Crippen LogP contribution >= 0.6 is 0 Å². The number of rotatable bonds is 3. The van der Waals surface area contributed by atoms with Gasteiger partial charge in [-0.2, -0.15) is 5.10 Å². The average Bonchev–Trinajstić information content (AvgIpc) is 2.97. The summed E-state index contributed by atoms with van der Waals surface area (Å²) in [5.74, 6) is -0.879. The molecular formula is C13H19N4O3+. The fourth-order valence-electron chi connectivity index (χ4n) is 1.92. The molecule has 1 aliphatic heterocycles. The minimum Gasteiger partial charge on any atom is -0.467 e. The van der Waals surface area contributed by atoms with Crippen molar-refractivity contribution >= 4 is 17.5 Å². The zero-order chi connectivity index (χ0) is 14.4. The number of nitrogens with one attached hydrogen (secondary N) is 3. The summed E-state index contributed by atoms with van der Waals surface area (Å²) in [5.41, 5.74) is 3.23. The van der Waals surface area contributed by atoms with Crippen LogP contribution in [0.5, 0.6) is 0 Å². The highest BCUT2D eigenvalue weighted by molar-refractivity contribution is 6.35. The van der Waals surface area contributed by atoms with E-state index in [-0.39, 0.29) is 6.54 Å². The molecule has 20 heavy (non-hydrogen) atoms. The van der Waals surface area contributed by atoms with E-state index in [1.165, 1.54) is 11.2 Å². The fraction of sp³-hybridized carbons (Fsp3) is 0.462. The first-order valence-corrected chi connectivity index (χ1v) is 6.62. The molecule has 1 fully saturated rings. The Morgan fingerprint density at radius 3 is 2.75 bits per heavy atom. The van der Waals surface area contributed by atoms with Crippen LogP contribution in [-0.4, -0.2) is 37.7 Å². The molecule has 1 aromatic rings. The number of furan rings is 1. The maximum Gasteiger partial charge on any atom is 0.329 e. The Morgan fingerprint density at radius 1 is 1.35 bits per heavy atom. The van der Waals surface area contributed by atoms with E-state index in [1.54, 1.807) is 12.1 Å². The Kier molecular flexibility index (Phi) is 4.89. The van der Waals surface area contributed by atoms with E-state index in [4.69, 9.17) is 4.42 Å². The van der Waals surface area contributed by atoms with Gasteiger partial charge >= 0.3 is 11.8 Å². The molecule has 0 unspecified atom stereocenters. The molecule has 7 nitrogen and oxygen atoms in total. The quantitative estimate of drug-likeness (QED) is 0.473. The minimum absolute atomic E-state index is 0.185. The number of hydrazone groups is 1. The second-order valence-electron chi connectivity index (χ2n) is 4.84. The Bertz CT molecular complexity index is 486. The van der Waals surface area contributed by atoms with Gasteiger partial charge in [0, 0.05) is 18.6 Å². The second kappa shape index (κ2) is 6.85. The smallest absolute Gasteiger partial charge is 0.329 e. The van der Waals surface area contributed by atoms with E-state index >= 15 is 0 Å². The largest absolute Gasteiger partial charge is 0.467 e. The first-order chi connectivity index (χ1) is 9.65. The zero-order valence-electron chi connectivity index (χ0n) is 11.4. The lowest BCUT2D eigenvalue weighted by Crippen LogP contribution is -3.10. The molecular weight excluding hydrogens is 260 g/mol. The molecule has 0 radical (unpaired) electrons. The van der Waals surface area contributed by atoms with Crippen LogP contribution in [0.15, 0.2) is 27.9 Å². The van der Waals surface area contributed by atoms with E-state index in [9.17, 15) is 9.59 Å². The van der Waals surface area contributed by atoms with Crippen LogP contribution in [0.1, 0.15) is 18.6 Å². The molecule has 0 aromatic carbocycles. The number of piperidine rings is 1. The third kappa shape index (κ3) is 4.20. The van der Waals surface area contributed by atoms with Gasteiger partial charge in [-0.25, -0.2) is 5.43 Å². The van der Waals surface area contributed by atoms with Crippen molar-refractivity contribution in [2.24, 2.45) is 5.10 Å². The van der Waals surface area contributed by atoms with Crippen LogP contribution in [0, 0.1) is 0 Å². The van der Waals surface area contributed by atoms with Gasteiger partial charge in [-0.15, -0.1) is 0 Å². The number of hydrogen-bond donors (Lipinski definition) is 3. The number of nitrogens with zero attached hydrogens (tertiary/aromatic N) is 1. The molecule has 2 amide bonds. The fourth-order valence-corrected chi connectivity index (χ4v) is 1.92. The minimum atomic E-state index is -0.754. The molecule has 1 saturated heterocycles. The van der Waals surface area contributed by atoms with Crippen LogP contribution < -0.4 is 15.6 Å². The van der Waals surface area contributed by atoms with Crippen molar-refractivity contribution in [2.75, 3.05) is 20.1 Å². The number of quaternary nitrogens is 1. The lowest BCUT2D eigenvalue weighted by molar-refractivity contribution is -0.880. The number of carbonyl (C=O) groups is 2. The predicted molar refractivity (Wildman–Crippen MR) is 72.0 cm³/mol. The lowest BCUT2D eigenvalue weighted by atomic mass is 10.1. The van der Waals surface area contributed by atoms with Gasteiger partial charge in [0.25, 0.3) is 0 Å². The topological polar surface area (TPSA) is 88.1 Å². The maximum absolute atomic E-state index is 11.5. The van der Waals surface area contributed by atoms with Gasteiger partial charge in [0.15, 0.2) is 0 Å². The number of amides is 2. The van der Waals surface area contributed by atoms with Crippen LogP contribution in [0.4, 0.5) is 0 Å². The zero-order valence-corrected chi connectivity index (χ0v) is 11.4. The third-order valence-corrected chi connectivity index (χ3v) is 3.21. The summed E-state index contributed by atoms with van der Waals surface area (Å²) >= 11 is 0. The van der Waals surface area contributed by atoms with Crippen LogP contribution in [-0.2, 0) is 16.1 Å². The molecule has 0 spiro atoms. The monoisotopic (exact) mass is 279 g/mol. The Morgan fingerprint density at radius 2 is 2.10 bits per heavy atom. The van der Waals surface area contributed by atoms with Crippen molar-refractivity contribution in [2.45, 2.75) is 19.4 Å². The van der Waals surface area contributed by atoms with Crippen molar-refractivity contribution in [1.29, 1.82) is 0 Å². The molecule has 0 saturated carbocycles. The van der Waals surface area contributed by atoms with Crippen molar-refractivity contribution in [1.82, 2.24) is 10.7 Å². The lowest BCUT2D eigenvalue weighted by Gasteiger charge is -2.20. The Labute approximate surface area is 117 Å². The van der Waals surface area contributed by atoms with E-state index < -0.39 is 11.8 Å². The molecule has 1 aromatic heterocycles. The summed E-state index contributed by atoms with van der Waals surface area (Å²) in [7, 11) is 2.12. The van der Waals surface area contributed by atoms with Crippen LogP contribution in [0.25, 0.3) is 0 Å². The van der Waals surface area contributed by atoms with Crippen molar-refractivity contribution < 1.29 is 18.9 Å². The molecule has 1 aliphatic rings. The third-order valence-electron chi connectivity index (χ3n) is 3.21. The summed E-state index contributed by atoms with van der Waals surface area (Å²) < 4.78 is 5.05. The second-order valence-corrected chi connectivity index (χ2v) is 4.84. The first-order valence-electron chi connectivity index (χ1n) is 6.62. The van der Waals surface area contributed by atoms with E-state index in [2.05, 4.69) is 22.9 Å². The molecule has 0 bridgehead atoms. The Balaban J connectivity index is 1.73. The highest BCUT2D eigenvalue weighted by Gasteiger charge is 2.16. The van der Waals surface area contributed by atoms with Gasteiger partial charge in [-0.3, -0.25) is 9.59 Å². The summed E-state index contributed by atoms with van der Waals surface area (Å²) in [5, 5.41) is 6.46. The normalized spacial score (nSPS) is 18.4. The summed E-state index contributed by atoms with van der Waals surface area (Å²) in [6.07, 6.45) is 3.20. The van der Waals surface area contributed by atoms with Gasteiger partial charge in [0.1, 0.15) is 5.76 Å². The van der Waals surface area contributed by atoms with Crippen LogP contribution in [0.2, 0.25) is 0 Å². The summed E-state index contributed by atoms with van der Waals surface area (Å²) in [4.78, 5) is 24.5. The number of likely N-dealkylation sites (tertiary alicyclic amines) is 1. The van der Waals surface area contributed by atoms with Gasteiger partial charge in [0.2, 0.25) is 0 Å². The Hall–Kier alpha value is -2.15. The van der Waals surface area contributed by atoms with Crippen molar-refractivity contribution in [3.8, 4) is 0 Å². The molecule has 2 rings (SSSR count). The van der Waals surface area contributed by atoms with Gasteiger partial charge in [-0.05, 0) is 12.1 Å². The molecule has 3 N–H and O–H groups in total. The summed E-state index contributed by atoms with van der Waals surface area (Å²) in [6.45, 7) is 2.18. The first kappa shape index (κ1) is 14.3. The van der Waals surface area contributed by atoms with Crippen LogP contribution in [0.3, 0.4) is 0 Å². The van der Waals surface area contributed by atoms with E-state index in [0.717, 1.165) is 31.6 Å². The highest BCUT2D eigenvalue weighted by atomic mass is 16.3. The maximum atomic E-state index is 11.5. The SMILES string of the molecule is C[NH+]1CCC(=NNC(=O)C(=O)NCc2ccco2)CC1. The number of carbonyl (C=O) groups excluding carboxylic acids is 2. The van der Waals surface area contributed by atoms with E-state index in [0.29, 0.717) is 5.76 Å². The highest BCUT2D eigenvalue weighted by Crippen LogP contribution is 1.98. The standard InChI is InChI=1S/C13H18N4O3/c1-17-6-4-10(5-7-17)15-16-13(19)12(18)14-9-11-3-2-8-20-11/h2-3,8H,4-7,9H2,1H3,(H,14,18)(H,16,19)/p+1. The predicted octanol–water partition coefficient (Wildman–Crippen LogP) is -1.32. The molecule has 0 atom stereocenters. The summed E-state index contributed by atoms with van der Waals surface area (Å²) in [6, 6.07) is 3.44. The van der Waals surface area contributed by atoms with Gasteiger partial charge in [-0.1, -0.05) is 0 Å². The number of hydrogen-bond acceptors (Lipinski definition) is 4. The molecule has 7 heteroatoms. The molecule has 2 heterocycles. The molecule has 108 valence electrons. The molecule has 0 aliphatic carbocycles. The van der Waals surface area contributed by atoms with Gasteiger partial charge < -0.3 is 14.6 Å². The van der Waals surface area contributed by atoms with E-state index in [1.807, 2.05) is 0 Å².